The lowest BCUT2D eigenvalue weighted by atomic mass is 9.89. The third-order valence-corrected chi connectivity index (χ3v) is 6.00. The molecule has 0 saturated carbocycles. The molecule has 1 aromatic heterocycles. The number of rotatable bonds is 2. The summed E-state index contributed by atoms with van der Waals surface area (Å²) in [5.74, 6) is 2.59. The van der Waals surface area contributed by atoms with Crippen LogP contribution in [0.5, 0.6) is 11.5 Å². The van der Waals surface area contributed by atoms with Crippen LogP contribution in [0, 0.1) is 19.8 Å². The molecular weight excluding hydrogens is 342 g/mol. The van der Waals surface area contributed by atoms with Crippen molar-refractivity contribution in [3.63, 3.8) is 0 Å². The fraction of sp³-hybridized carbons (Fsp3) is 0.269. The van der Waals surface area contributed by atoms with E-state index in [1.165, 1.54) is 49.5 Å². The maximum atomic E-state index is 6.54. The molecule has 0 radical (unpaired) electrons. The average molecular weight is 369 g/mol. The first-order valence-corrected chi connectivity index (χ1v) is 10.1. The zero-order valence-corrected chi connectivity index (χ0v) is 17.3. The number of aromatic nitrogens is 1. The van der Waals surface area contributed by atoms with Gasteiger partial charge in [0.25, 0.3) is 5.69 Å². The van der Waals surface area contributed by atoms with Gasteiger partial charge in [0.1, 0.15) is 12.8 Å². The summed E-state index contributed by atoms with van der Waals surface area (Å²) in [5, 5.41) is 4.89. The quantitative estimate of drug-likeness (QED) is 0.328. The fourth-order valence-corrected chi connectivity index (χ4v) is 4.63. The lowest BCUT2D eigenvalue weighted by Crippen LogP contribution is -2.32. The Labute approximate surface area is 166 Å². The minimum Gasteiger partial charge on any atom is -0.449 e. The van der Waals surface area contributed by atoms with Gasteiger partial charge in [-0.15, -0.1) is 0 Å². The van der Waals surface area contributed by atoms with E-state index in [1.807, 2.05) is 0 Å². The first kappa shape index (κ1) is 17.2. The molecule has 0 aliphatic carbocycles. The van der Waals surface area contributed by atoms with Crippen LogP contribution in [0.3, 0.4) is 0 Å². The third kappa shape index (κ3) is 2.44. The van der Waals surface area contributed by atoms with Gasteiger partial charge in [-0.2, -0.15) is 4.57 Å². The maximum absolute atomic E-state index is 6.54. The molecule has 1 aliphatic heterocycles. The molecule has 4 aromatic rings. The normalized spacial score (nSPS) is 12.5. The van der Waals surface area contributed by atoms with E-state index in [4.69, 9.17) is 4.74 Å². The van der Waals surface area contributed by atoms with E-state index in [1.54, 1.807) is 0 Å². The van der Waals surface area contributed by atoms with Crippen molar-refractivity contribution in [1.82, 2.24) is 0 Å². The summed E-state index contributed by atoms with van der Waals surface area (Å²) in [6.07, 6.45) is 3.35. The van der Waals surface area contributed by atoms with Crippen LogP contribution in [-0.2, 0) is 13.5 Å². The number of pyridine rings is 1. The zero-order valence-electron chi connectivity index (χ0n) is 17.3. The number of benzene rings is 3. The minimum atomic E-state index is 0.648. The van der Waals surface area contributed by atoms with Crippen LogP contribution in [0.2, 0.25) is 0 Å². The first-order valence-electron chi connectivity index (χ1n) is 10.1. The van der Waals surface area contributed by atoms with Crippen molar-refractivity contribution >= 4 is 21.5 Å². The maximum Gasteiger partial charge on any atom is 0.257 e. The van der Waals surface area contributed by atoms with Gasteiger partial charge in [-0.3, -0.25) is 0 Å². The summed E-state index contributed by atoms with van der Waals surface area (Å²) in [6.45, 7) is 8.96. The molecule has 2 heterocycles. The Balaban J connectivity index is 1.86. The molecule has 140 valence electrons. The summed E-state index contributed by atoms with van der Waals surface area (Å²) in [7, 11) is 2.14. The predicted octanol–water partition coefficient (Wildman–Crippen LogP) is 6.41. The van der Waals surface area contributed by atoms with E-state index in [9.17, 15) is 0 Å². The highest BCUT2D eigenvalue weighted by Gasteiger charge is 2.31. The van der Waals surface area contributed by atoms with Crippen molar-refractivity contribution in [2.45, 2.75) is 34.1 Å². The van der Waals surface area contributed by atoms with Gasteiger partial charge in [0, 0.05) is 16.2 Å². The number of fused-ring (bicyclic) bond motifs is 4. The molecule has 0 spiro atoms. The standard InChI is InChI=1S/C26H26NO/c1-15(2)11-18-9-10-21-20(13-18)14-27(5)25-23-17(4)16(3)12-19-7-6-8-22(24(19)23)28-26(21)25/h6-10,12-15H,11H2,1-5H3/q+1. The Morgan fingerprint density at radius 3 is 2.61 bits per heavy atom. The van der Waals surface area contributed by atoms with Crippen LogP contribution in [0.15, 0.2) is 48.7 Å². The van der Waals surface area contributed by atoms with Crippen LogP contribution in [-0.4, -0.2) is 0 Å². The molecule has 0 fully saturated rings. The van der Waals surface area contributed by atoms with E-state index >= 15 is 0 Å². The highest BCUT2D eigenvalue weighted by Crippen LogP contribution is 2.49. The van der Waals surface area contributed by atoms with Crippen molar-refractivity contribution in [3.8, 4) is 22.8 Å². The van der Waals surface area contributed by atoms with Crippen molar-refractivity contribution < 1.29 is 9.30 Å². The van der Waals surface area contributed by atoms with Gasteiger partial charge in [-0.05, 0) is 66.5 Å². The smallest absolute Gasteiger partial charge is 0.257 e. The van der Waals surface area contributed by atoms with E-state index in [0.29, 0.717) is 5.92 Å². The molecule has 28 heavy (non-hydrogen) atoms. The molecule has 0 bridgehead atoms. The van der Waals surface area contributed by atoms with E-state index in [0.717, 1.165) is 17.9 Å². The number of aryl methyl sites for hydroxylation is 2. The van der Waals surface area contributed by atoms with Crippen molar-refractivity contribution in [2.24, 2.45) is 13.0 Å². The van der Waals surface area contributed by atoms with Gasteiger partial charge in [-0.25, -0.2) is 0 Å². The highest BCUT2D eigenvalue weighted by atomic mass is 16.5. The molecule has 1 aliphatic rings. The monoisotopic (exact) mass is 368 g/mol. The molecule has 0 N–H and O–H groups in total. The minimum absolute atomic E-state index is 0.648. The Morgan fingerprint density at radius 1 is 1.00 bits per heavy atom. The first-order chi connectivity index (χ1) is 13.4. The number of nitrogens with zero attached hydrogens (tertiary/aromatic N) is 1. The topological polar surface area (TPSA) is 13.1 Å². The average Bonchev–Trinajstić information content (AvgIpc) is 2.64. The molecular formula is C26H26NO+. The van der Waals surface area contributed by atoms with Crippen LogP contribution in [0.25, 0.3) is 32.8 Å². The molecule has 5 rings (SSSR count). The van der Waals surface area contributed by atoms with Crippen LogP contribution in [0.1, 0.15) is 30.5 Å². The van der Waals surface area contributed by atoms with Crippen LogP contribution < -0.4 is 9.30 Å². The van der Waals surface area contributed by atoms with Gasteiger partial charge >= 0.3 is 0 Å². The van der Waals surface area contributed by atoms with Crippen molar-refractivity contribution in [3.05, 3.63) is 65.4 Å². The second-order valence-corrected chi connectivity index (χ2v) is 8.59. The molecule has 0 saturated heterocycles. The fourth-order valence-electron chi connectivity index (χ4n) is 4.63. The van der Waals surface area contributed by atoms with Crippen molar-refractivity contribution in [1.29, 1.82) is 0 Å². The number of ether oxygens (including phenoxy) is 1. The van der Waals surface area contributed by atoms with Crippen LogP contribution >= 0.6 is 0 Å². The highest BCUT2D eigenvalue weighted by molar-refractivity contribution is 6.07. The van der Waals surface area contributed by atoms with Crippen LogP contribution in [0.4, 0.5) is 0 Å². The molecule has 2 nitrogen and oxygen atoms in total. The molecule has 3 aromatic carbocycles. The lowest BCUT2D eigenvalue weighted by Gasteiger charge is -2.23. The SMILES string of the molecule is Cc1cc2cccc3c2c(c1C)-c1c(c2ccc(CC(C)C)cc2c[n+]1C)O3. The summed E-state index contributed by atoms with van der Waals surface area (Å²) in [5.41, 5.74) is 6.51. The Morgan fingerprint density at radius 2 is 1.82 bits per heavy atom. The van der Waals surface area contributed by atoms with E-state index in [2.05, 4.69) is 88.0 Å². The van der Waals surface area contributed by atoms with Crippen molar-refractivity contribution in [2.75, 3.05) is 0 Å². The number of hydrogen-bond acceptors (Lipinski definition) is 1. The second-order valence-electron chi connectivity index (χ2n) is 8.59. The molecule has 2 heteroatoms. The summed E-state index contributed by atoms with van der Waals surface area (Å²) >= 11 is 0. The van der Waals surface area contributed by atoms with Gasteiger partial charge in [-0.1, -0.05) is 38.1 Å². The lowest BCUT2D eigenvalue weighted by molar-refractivity contribution is -0.659. The second kappa shape index (κ2) is 6.07. The zero-order chi connectivity index (χ0) is 19.6. The Hall–Kier alpha value is -2.87. The third-order valence-electron chi connectivity index (χ3n) is 6.00. The van der Waals surface area contributed by atoms with Gasteiger partial charge in [0.05, 0.1) is 5.56 Å². The number of hydrogen-bond donors (Lipinski definition) is 0. The molecule has 0 amide bonds. The predicted molar refractivity (Wildman–Crippen MR) is 116 cm³/mol. The summed E-state index contributed by atoms with van der Waals surface area (Å²) in [6, 6.07) is 15.4. The largest absolute Gasteiger partial charge is 0.449 e. The van der Waals surface area contributed by atoms with Gasteiger partial charge < -0.3 is 4.74 Å². The summed E-state index contributed by atoms with van der Waals surface area (Å²) in [4.78, 5) is 0. The van der Waals surface area contributed by atoms with E-state index < -0.39 is 0 Å². The van der Waals surface area contributed by atoms with Gasteiger partial charge in [0.2, 0.25) is 5.75 Å². The summed E-state index contributed by atoms with van der Waals surface area (Å²) < 4.78 is 8.78. The Bertz CT molecular complexity index is 1270. The molecule has 0 atom stereocenters. The Kier molecular flexibility index (Phi) is 3.74. The van der Waals surface area contributed by atoms with E-state index in [-0.39, 0.29) is 0 Å². The van der Waals surface area contributed by atoms with Gasteiger partial charge in [0.15, 0.2) is 6.20 Å². The molecule has 0 unspecified atom stereocenters.